The molecule has 2 unspecified atom stereocenters. The van der Waals surface area contributed by atoms with Crippen LogP contribution in [0.25, 0.3) is 0 Å². The van der Waals surface area contributed by atoms with Gasteiger partial charge < -0.3 is 15.2 Å². The van der Waals surface area contributed by atoms with Crippen molar-refractivity contribution in [3.05, 3.63) is 65.2 Å². The highest BCUT2D eigenvalue weighted by atomic mass is 16.5. The van der Waals surface area contributed by atoms with Crippen LogP contribution in [0.4, 0.5) is 0 Å². The Morgan fingerprint density at radius 1 is 1.20 bits per heavy atom. The Morgan fingerprint density at radius 3 is 2.56 bits per heavy atom. The van der Waals surface area contributed by atoms with Crippen LogP contribution in [0, 0.1) is 0 Å². The van der Waals surface area contributed by atoms with Gasteiger partial charge in [-0.3, -0.25) is 4.79 Å². The van der Waals surface area contributed by atoms with Gasteiger partial charge >= 0.3 is 0 Å². The van der Waals surface area contributed by atoms with Gasteiger partial charge in [-0.1, -0.05) is 43.3 Å². The van der Waals surface area contributed by atoms with Gasteiger partial charge in [-0.05, 0) is 36.6 Å². The number of ketones is 1. The summed E-state index contributed by atoms with van der Waals surface area (Å²) in [7, 11) is 1.58. The summed E-state index contributed by atoms with van der Waals surface area (Å²) >= 11 is 0. The predicted octanol–water partition coefficient (Wildman–Crippen LogP) is 3.54. The fourth-order valence-electron chi connectivity index (χ4n) is 2.71. The van der Waals surface area contributed by atoms with E-state index in [1.54, 1.807) is 19.2 Å². The number of aliphatic hydroxyl groups excluding tert-OH is 1. The lowest BCUT2D eigenvalue weighted by Gasteiger charge is -2.21. The number of aryl methyl sites for hydroxylation is 1. The molecule has 0 aliphatic heterocycles. The van der Waals surface area contributed by atoms with E-state index >= 15 is 0 Å². The first-order valence-electron chi connectivity index (χ1n) is 8.72. The van der Waals surface area contributed by atoms with Crippen molar-refractivity contribution in [2.75, 3.05) is 13.7 Å². The second kappa shape index (κ2) is 9.35. The van der Waals surface area contributed by atoms with Crippen molar-refractivity contribution in [1.29, 1.82) is 0 Å². The van der Waals surface area contributed by atoms with E-state index in [9.17, 15) is 9.90 Å². The molecule has 4 heteroatoms. The number of aliphatic hydroxyl groups is 1. The molecular formula is C21H27NO3. The molecule has 0 aromatic heterocycles. The first kappa shape index (κ1) is 19.2. The van der Waals surface area contributed by atoms with Crippen molar-refractivity contribution in [2.45, 2.75) is 38.8 Å². The number of rotatable bonds is 9. The molecule has 4 nitrogen and oxygen atoms in total. The Bertz CT molecular complexity index is 682. The first-order valence-corrected chi connectivity index (χ1v) is 8.72. The van der Waals surface area contributed by atoms with Crippen LogP contribution < -0.4 is 10.1 Å². The number of carbonyl (C=O) groups is 1. The summed E-state index contributed by atoms with van der Waals surface area (Å²) in [5.74, 6) is 0.735. The van der Waals surface area contributed by atoms with Crippen molar-refractivity contribution in [3.8, 4) is 5.75 Å². The number of carbonyl (C=O) groups excluding carboxylic acids is 1. The van der Waals surface area contributed by atoms with Gasteiger partial charge in [0.2, 0.25) is 0 Å². The summed E-state index contributed by atoms with van der Waals surface area (Å²) in [6, 6.07) is 15.0. The monoisotopic (exact) mass is 341 g/mol. The zero-order chi connectivity index (χ0) is 18.2. The molecule has 0 bridgehead atoms. The summed E-state index contributed by atoms with van der Waals surface area (Å²) in [5.41, 5.74) is 2.78. The van der Waals surface area contributed by atoms with Crippen LogP contribution >= 0.6 is 0 Å². The molecule has 0 amide bonds. The highest BCUT2D eigenvalue weighted by Crippen LogP contribution is 2.18. The third-order valence-corrected chi connectivity index (χ3v) is 4.41. The molecule has 0 saturated carbocycles. The van der Waals surface area contributed by atoms with Crippen LogP contribution in [0.15, 0.2) is 48.5 Å². The second-order valence-corrected chi connectivity index (χ2v) is 6.19. The van der Waals surface area contributed by atoms with E-state index in [0.717, 1.165) is 12.0 Å². The van der Waals surface area contributed by atoms with Crippen LogP contribution in [0.1, 0.15) is 47.9 Å². The van der Waals surface area contributed by atoms with Crippen molar-refractivity contribution in [3.63, 3.8) is 0 Å². The van der Waals surface area contributed by atoms with Crippen molar-refractivity contribution in [1.82, 2.24) is 5.32 Å². The molecule has 0 radical (unpaired) electrons. The topological polar surface area (TPSA) is 58.6 Å². The molecule has 2 atom stereocenters. The zero-order valence-corrected chi connectivity index (χ0v) is 15.2. The van der Waals surface area contributed by atoms with Gasteiger partial charge in [0.15, 0.2) is 5.78 Å². The molecular weight excluding hydrogens is 314 g/mol. The summed E-state index contributed by atoms with van der Waals surface area (Å²) < 4.78 is 5.14. The largest absolute Gasteiger partial charge is 0.497 e. The average Bonchev–Trinajstić information content (AvgIpc) is 2.67. The summed E-state index contributed by atoms with van der Waals surface area (Å²) in [6.45, 7) is 4.55. The number of ether oxygens (including phenoxy) is 1. The number of methoxy groups -OCH3 is 1. The van der Waals surface area contributed by atoms with Crippen LogP contribution in [0.2, 0.25) is 0 Å². The molecule has 2 rings (SSSR count). The molecule has 0 aliphatic carbocycles. The van der Waals surface area contributed by atoms with E-state index in [-0.39, 0.29) is 11.8 Å². The van der Waals surface area contributed by atoms with Crippen molar-refractivity contribution in [2.24, 2.45) is 0 Å². The number of hydrogen-bond acceptors (Lipinski definition) is 4. The molecule has 0 spiro atoms. The van der Waals surface area contributed by atoms with E-state index in [2.05, 4.69) is 12.2 Å². The van der Waals surface area contributed by atoms with Gasteiger partial charge in [-0.25, -0.2) is 0 Å². The number of Topliss-reactive ketones (excluding diaryl/α,β-unsaturated/α-hetero) is 1. The van der Waals surface area contributed by atoms with E-state index in [0.29, 0.717) is 24.3 Å². The molecule has 0 saturated heterocycles. The Balaban J connectivity index is 1.84. The molecule has 25 heavy (non-hydrogen) atoms. The number of nitrogens with one attached hydrogen (secondary N) is 1. The molecule has 2 aromatic carbocycles. The Labute approximate surface area is 149 Å². The maximum Gasteiger partial charge on any atom is 0.164 e. The standard InChI is InChI=1S/C21H27NO3/c1-4-16-8-10-17(11-9-16)21(24)15(2)22-13-12-20(23)18-6-5-7-19(14-18)25-3/h5-11,14-15,21-22,24H,4,12-13H2,1-3H3. The van der Waals surface area contributed by atoms with Gasteiger partial charge in [0.1, 0.15) is 5.75 Å². The first-order chi connectivity index (χ1) is 12.0. The molecule has 134 valence electrons. The number of hydrogen-bond donors (Lipinski definition) is 2. The van der Waals surface area contributed by atoms with Gasteiger partial charge in [0.25, 0.3) is 0 Å². The lowest BCUT2D eigenvalue weighted by molar-refractivity contribution is 0.0972. The lowest BCUT2D eigenvalue weighted by atomic mass is 10.0. The van der Waals surface area contributed by atoms with Crippen LogP contribution in [0.5, 0.6) is 5.75 Å². The van der Waals surface area contributed by atoms with E-state index in [1.165, 1.54) is 5.56 Å². The molecule has 0 fully saturated rings. The third-order valence-electron chi connectivity index (χ3n) is 4.41. The molecule has 0 aliphatic rings. The minimum atomic E-state index is -0.599. The highest BCUT2D eigenvalue weighted by molar-refractivity contribution is 5.96. The highest BCUT2D eigenvalue weighted by Gasteiger charge is 2.16. The average molecular weight is 341 g/mol. The maximum atomic E-state index is 12.2. The molecule has 2 aromatic rings. The zero-order valence-electron chi connectivity index (χ0n) is 15.2. The van der Waals surface area contributed by atoms with Gasteiger partial charge in [-0.15, -0.1) is 0 Å². The maximum absolute atomic E-state index is 12.2. The fourth-order valence-corrected chi connectivity index (χ4v) is 2.71. The Morgan fingerprint density at radius 2 is 1.92 bits per heavy atom. The Hall–Kier alpha value is -2.17. The van der Waals surface area contributed by atoms with E-state index in [4.69, 9.17) is 4.74 Å². The predicted molar refractivity (Wildman–Crippen MR) is 100 cm³/mol. The van der Waals surface area contributed by atoms with Crippen molar-refractivity contribution < 1.29 is 14.6 Å². The summed E-state index contributed by atoms with van der Waals surface area (Å²) in [6.07, 6.45) is 0.757. The summed E-state index contributed by atoms with van der Waals surface area (Å²) in [5, 5.41) is 13.7. The minimum Gasteiger partial charge on any atom is -0.497 e. The molecule has 2 N–H and O–H groups in total. The van der Waals surface area contributed by atoms with E-state index in [1.807, 2.05) is 43.3 Å². The lowest BCUT2D eigenvalue weighted by Crippen LogP contribution is -2.33. The van der Waals surface area contributed by atoms with Crippen LogP contribution in [-0.2, 0) is 6.42 Å². The molecule has 0 heterocycles. The number of benzene rings is 2. The quantitative estimate of drug-likeness (QED) is 0.685. The van der Waals surface area contributed by atoms with Gasteiger partial charge in [-0.2, -0.15) is 0 Å². The minimum absolute atomic E-state index is 0.0559. The third kappa shape index (κ3) is 5.41. The SMILES string of the molecule is CCc1ccc(C(O)C(C)NCCC(=O)c2cccc(OC)c2)cc1. The fraction of sp³-hybridized carbons (Fsp3) is 0.381. The van der Waals surface area contributed by atoms with Crippen molar-refractivity contribution >= 4 is 5.78 Å². The second-order valence-electron chi connectivity index (χ2n) is 6.19. The van der Waals surface area contributed by atoms with Gasteiger partial charge in [0, 0.05) is 24.6 Å². The Kier molecular flexibility index (Phi) is 7.16. The van der Waals surface area contributed by atoms with Crippen LogP contribution in [0.3, 0.4) is 0 Å². The van der Waals surface area contributed by atoms with E-state index < -0.39 is 6.10 Å². The smallest absolute Gasteiger partial charge is 0.164 e. The normalized spacial score (nSPS) is 13.3. The van der Waals surface area contributed by atoms with Gasteiger partial charge in [0.05, 0.1) is 13.2 Å². The van der Waals surface area contributed by atoms with Crippen LogP contribution in [-0.4, -0.2) is 30.6 Å². The summed E-state index contributed by atoms with van der Waals surface area (Å²) in [4.78, 5) is 12.2.